The third-order valence-electron chi connectivity index (χ3n) is 2.18. The molecule has 74 valence electrons. The maximum atomic E-state index is 5.39. The van der Waals surface area contributed by atoms with Crippen molar-refractivity contribution >= 4 is 0 Å². The lowest BCUT2D eigenvalue weighted by atomic mass is 10.0. The van der Waals surface area contributed by atoms with Crippen LogP contribution in [0.5, 0.6) is 0 Å². The molecule has 0 amide bonds. The van der Waals surface area contributed by atoms with E-state index in [1.807, 2.05) is 0 Å². The summed E-state index contributed by atoms with van der Waals surface area (Å²) in [7, 11) is 0. The zero-order valence-corrected chi connectivity index (χ0v) is 8.51. The first kappa shape index (κ1) is 11.9. The molecule has 0 bridgehead atoms. The highest BCUT2D eigenvalue weighted by molar-refractivity contribution is 4.49. The number of hydrogen-bond donors (Lipinski definition) is 1. The van der Waals surface area contributed by atoms with Crippen molar-refractivity contribution in [1.82, 2.24) is 0 Å². The highest BCUT2D eigenvalue weighted by atomic mass is 16.5. The fourth-order valence-electron chi connectivity index (χ4n) is 1.03. The van der Waals surface area contributed by atoms with E-state index in [1.165, 1.54) is 19.3 Å². The van der Waals surface area contributed by atoms with E-state index >= 15 is 0 Å². The monoisotopic (exact) mass is 173 g/mol. The lowest BCUT2D eigenvalue weighted by molar-refractivity contribution is 0.126. The van der Waals surface area contributed by atoms with Gasteiger partial charge in [-0.25, -0.2) is 0 Å². The van der Waals surface area contributed by atoms with E-state index in [-0.39, 0.29) is 0 Å². The lowest BCUT2D eigenvalue weighted by Crippen LogP contribution is -2.05. The summed E-state index contributed by atoms with van der Waals surface area (Å²) in [5.74, 6) is 0.850. The molecule has 0 aliphatic heterocycles. The number of ether oxygens (including phenoxy) is 1. The molecule has 0 fully saturated rings. The van der Waals surface area contributed by atoms with E-state index in [4.69, 9.17) is 10.5 Å². The van der Waals surface area contributed by atoms with Gasteiger partial charge in [0.05, 0.1) is 0 Å². The molecule has 0 aromatic heterocycles. The van der Waals surface area contributed by atoms with Crippen molar-refractivity contribution in [3.05, 3.63) is 0 Å². The summed E-state index contributed by atoms with van der Waals surface area (Å²) in [6.07, 6.45) is 4.75. The van der Waals surface area contributed by atoms with Crippen LogP contribution in [0.1, 0.15) is 39.5 Å². The van der Waals surface area contributed by atoms with Crippen LogP contribution in [0.25, 0.3) is 0 Å². The zero-order valence-electron chi connectivity index (χ0n) is 8.51. The van der Waals surface area contributed by atoms with Gasteiger partial charge in [-0.1, -0.05) is 20.3 Å². The first-order chi connectivity index (χ1) is 5.81. The van der Waals surface area contributed by atoms with Gasteiger partial charge in [0.2, 0.25) is 0 Å². The fourth-order valence-corrected chi connectivity index (χ4v) is 1.03. The second-order valence-corrected chi connectivity index (χ2v) is 3.41. The summed E-state index contributed by atoms with van der Waals surface area (Å²) < 4.78 is 5.39. The van der Waals surface area contributed by atoms with Crippen LogP contribution in [-0.4, -0.2) is 19.8 Å². The summed E-state index contributed by atoms with van der Waals surface area (Å²) in [6, 6.07) is 0. The van der Waals surface area contributed by atoms with Crippen molar-refractivity contribution in [2.24, 2.45) is 11.7 Å². The third kappa shape index (κ3) is 8.02. The van der Waals surface area contributed by atoms with Crippen molar-refractivity contribution < 1.29 is 4.74 Å². The van der Waals surface area contributed by atoms with Gasteiger partial charge in [0, 0.05) is 13.2 Å². The van der Waals surface area contributed by atoms with Gasteiger partial charge in [0.25, 0.3) is 0 Å². The van der Waals surface area contributed by atoms with E-state index in [1.54, 1.807) is 0 Å². The number of nitrogens with two attached hydrogens (primary N) is 1. The Kier molecular flexibility index (Phi) is 8.95. The minimum atomic E-state index is 0.741. The summed E-state index contributed by atoms with van der Waals surface area (Å²) in [4.78, 5) is 0. The molecule has 0 saturated heterocycles. The summed E-state index contributed by atoms with van der Waals surface area (Å²) in [5, 5.41) is 0. The topological polar surface area (TPSA) is 35.2 Å². The molecule has 2 heteroatoms. The van der Waals surface area contributed by atoms with Crippen molar-refractivity contribution in [2.45, 2.75) is 39.5 Å². The predicted molar refractivity (Wildman–Crippen MR) is 53.2 cm³/mol. The molecule has 0 saturated carbocycles. The summed E-state index contributed by atoms with van der Waals surface area (Å²) in [5.41, 5.74) is 5.33. The van der Waals surface area contributed by atoms with E-state index in [9.17, 15) is 0 Å². The molecule has 0 radical (unpaired) electrons. The maximum Gasteiger partial charge on any atom is 0.0478 e. The third-order valence-corrected chi connectivity index (χ3v) is 2.18. The molecular formula is C10H23NO. The Labute approximate surface area is 76.5 Å². The number of rotatable bonds is 8. The van der Waals surface area contributed by atoms with Crippen molar-refractivity contribution in [1.29, 1.82) is 0 Å². The Hall–Kier alpha value is -0.0800. The normalized spacial score (nSPS) is 13.2. The second-order valence-electron chi connectivity index (χ2n) is 3.41. The van der Waals surface area contributed by atoms with Gasteiger partial charge in [0.15, 0.2) is 0 Å². The Morgan fingerprint density at radius 3 is 2.50 bits per heavy atom. The maximum absolute atomic E-state index is 5.39. The first-order valence-electron chi connectivity index (χ1n) is 5.09. The van der Waals surface area contributed by atoms with E-state index in [2.05, 4.69) is 13.8 Å². The molecule has 1 unspecified atom stereocenters. The Morgan fingerprint density at radius 1 is 1.25 bits per heavy atom. The average molecular weight is 173 g/mol. The van der Waals surface area contributed by atoms with Crippen LogP contribution in [0.3, 0.4) is 0 Å². The predicted octanol–water partition coefficient (Wildman–Crippen LogP) is 2.18. The molecule has 1 atom stereocenters. The van der Waals surface area contributed by atoms with E-state index < -0.39 is 0 Å². The van der Waals surface area contributed by atoms with E-state index in [0.717, 1.165) is 32.1 Å². The molecule has 0 heterocycles. The molecule has 2 nitrogen and oxygen atoms in total. The molecule has 0 spiro atoms. The zero-order chi connectivity index (χ0) is 9.23. The van der Waals surface area contributed by atoms with Gasteiger partial charge >= 0.3 is 0 Å². The Morgan fingerprint density at radius 2 is 1.92 bits per heavy atom. The molecule has 0 aliphatic rings. The van der Waals surface area contributed by atoms with Crippen LogP contribution >= 0.6 is 0 Å². The smallest absolute Gasteiger partial charge is 0.0478 e. The van der Waals surface area contributed by atoms with Gasteiger partial charge in [-0.05, 0) is 31.7 Å². The lowest BCUT2D eigenvalue weighted by Gasteiger charge is -2.07. The minimum absolute atomic E-state index is 0.741. The largest absolute Gasteiger partial charge is 0.381 e. The molecule has 0 aliphatic carbocycles. The highest BCUT2D eigenvalue weighted by Gasteiger charge is 1.97. The SMILES string of the molecule is CCC(C)CCCOCCCN. The van der Waals surface area contributed by atoms with Crippen LogP contribution in [0.15, 0.2) is 0 Å². The summed E-state index contributed by atoms with van der Waals surface area (Å²) >= 11 is 0. The van der Waals surface area contributed by atoms with Crippen LogP contribution in [-0.2, 0) is 4.74 Å². The van der Waals surface area contributed by atoms with Crippen LogP contribution < -0.4 is 5.73 Å². The molecular weight excluding hydrogens is 150 g/mol. The number of hydrogen-bond acceptors (Lipinski definition) is 2. The molecule has 2 N–H and O–H groups in total. The van der Waals surface area contributed by atoms with Crippen molar-refractivity contribution in [2.75, 3.05) is 19.8 Å². The Balaban J connectivity index is 2.90. The average Bonchev–Trinajstić information content (AvgIpc) is 2.10. The fraction of sp³-hybridized carbons (Fsp3) is 1.00. The first-order valence-corrected chi connectivity index (χ1v) is 5.09. The molecule has 0 aromatic carbocycles. The van der Waals surface area contributed by atoms with Crippen LogP contribution in [0, 0.1) is 5.92 Å². The standard InChI is InChI=1S/C10H23NO/c1-3-10(2)6-4-8-12-9-5-7-11/h10H,3-9,11H2,1-2H3. The van der Waals surface area contributed by atoms with Gasteiger partial charge in [-0.2, -0.15) is 0 Å². The highest BCUT2D eigenvalue weighted by Crippen LogP contribution is 2.08. The Bertz CT molecular complexity index is 85.9. The minimum Gasteiger partial charge on any atom is -0.381 e. The molecule has 0 rings (SSSR count). The van der Waals surface area contributed by atoms with Crippen molar-refractivity contribution in [3.8, 4) is 0 Å². The van der Waals surface area contributed by atoms with Crippen molar-refractivity contribution in [3.63, 3.8) is 0 Å². The van der Waals surface area contributed by atoms with Gasteiger partial charge in [-0.15, -0.1) is 0 Å². The van der Waals surface area contributed by atoms with Gasteiger partial charge in [0.1, 0.15) is 0 Å². The van der Waals surface area contributed by atoms with Crippen LogP contribution in [0.4, 0.5) is 0 Å². The van der Waals surface area contributed by atoms with Gasteiger partial charge in [-0.3, -0.25) is 0 Å². The second kappa shape index (κ2) is 9.01. The quantitative estimate of drug-likeness (QED) is 0.571. The molecule has 12 heavy (non-hydrogen) atoms. The summed E-state index contributed by atoms with van der Waals surface area (Å²) in [6.45, 7) is 7.01. The van der Waals surface area contributed by atoms with Gasteiger partial charge < -0.3 is 10.5 Å². The molecule has 0 aromatic rings. The van der Waals surface area contributed by atoms with Crippen LogP contribution in [0.2, 0.25) is 0 Å². The van der Waals surface area contributed by atoms with E-state index in [0.29, 0.717) is 0 Å².